The molecule has 4 rings (SSSR count). The van der Waals surface area contributed by atoms with E-state index in [4.69, 9.17) is 0 Å². The molecule has 0 aromatic heterocycles. The summed E-state index contributed by atoms with van der Waals surface area (Å²) in [5.74, 6) is 3.02. The first kappa shape index (κ1) is 23.6. The summed E-state index contributed by atoms with van der Waals surface area (Å²) in [4.78, 5) is 0. The van der Waals surface area contributed by atoms with Crippen LogP contribution in [0, 0.1) is 45.3 Å². The average molecular weight is 427 g/mol. The molecule has 1 nitrogen and oxygen atoms in total. The van der Waals surface area contributed by atoms with Gasteiger partial charge in [-0.25, -0.2) is 0 Å². The van der Waals surface area contributed by atoms with Crippen molar-refractivity contribution in [2.75, 3.05) is 0 Å². The molecule has 0 spiro atoms. The first-order chi connectivity index (χ1) is 14.4. The molecule has 0 aromatic carbocycles. The smallest absolute Gasteiger partial charge is 0.0594 e. The Morgan fingerprint density at radius 3 is 2.45 bits per heavy atom. The van der Waals surface area contributed by atoms with E-state index in [1.165, 1.54) is 56.9 Å². The Balaban J connectivity index is 1.62. The quantitative estimate of drug-likeness (QED) is 0.448. The van der Waals surface area contributed by atoms with E-state index >= 15 is 0 Å². The van der Waals surface area contributed by atoms with Gasteiger partial charge in [0.25, 0.3) is 0 Å². The first-order valence-corrected chi connectivity index (χ1v) is 13.4. The summed E-state index contributed by atoms with van der Waals surface area (Å²) in [6, 6.07) is 0. The first-order valence-electron chi connectivity index (χ1n) is 13.4. The maximum absolute atomic E-state index is 10.8. The molecule has 8 atom stereocenters. The molecule has 0 amide bonds. The monoisotopic (exact) mass is 426 g/mol. The van der Waals surface area contributed by atoms with Crippen molar-refractivity contribution in [2.24, 2.45) is 45.3 Å². The summed E-state index contributed by atoms with van der Waals surface area (Å²) in [6.07, 6.45) is 16.5. The van der Waals surface area contributed by atoms with Crippen LogP contribution in [-0.2, 0) is 0 Å². The lowest BCUT2D eigenvalue weighted by atomic mass is 9.41. The summed E-state index contributed by atoms with van der Waals surface area (Å²) in [5.41, 5.74) is 4.53. The van der Waals surface area contributed by atoms with Gasteiger partial charge in [0, 0.05) is 0 Å². The summed E-state index contributed by atoms with van der Waals surface area (Å²) >= 11 is 0. The molecule has 3 saturated carbocycles. The number of fused-ring (bicyclic) bond motifs is 5. The predicted molar refractivity (Wildman–Crippen MR) is 133 cm³/mol. The van der Waals surface area contributed by atoms with Crippen LogP contribution in [0.5, 0.6) is 0 Å². The van der Waals surface area contributed by atoms with Crippen LogP contribution in [0.1, 0.15) is 113 Å². The molecule has 4 aliphatic rings. The lowest BCUT2D eigenvalue weighted by molar-refractivity contribution is -0.131. The minimum absolute atomic E-state index is 0.0360. The van der Waals surface area contributed by atoms with E-state index in [9.17, 15) is 5.11 Å². The topological polar surface area (TPSA) is 20.2 Å². The fourth-order valence-corrected chi connectivity index (χ4v) is 9.49. The van der Waals surface area contributed by atoms with E-state index in [1.54, 1.807) is 0 Å². The van der Waals surface area contributed by atoms with E-state index in [2.05, 4.69) is 67.5 Å². The molecule has 0 aliphatic heterocycles. The molecule has 0 radical (unpaired) electrons. The number of rotatable bonds is 4. The number of hydrogen-bond donors (Lipinski definition) is 1. The molecule has 0 heterocycles. The third-order valence-electron chi connectivity index (χ3n) is 11.7. The summed E-state index contributed by atoms with van der Waals surface area (Å²) in [7, 11) is 0. The number of allylic oxidation sites excluding steroid dienone is 4. The standard InChI is InChI=1S/C30H50O/c1-20(2)10-9-11-21(3)22-14-18-30(8)24-12-13-25-27(4,5)26(31)16-17-28(25,6)23(24)15-19-29(22,30)7/h10,12,21-23,25-26,31H,9,11,13-19H2,1-8H3/t21-,22?,23?,25+,26+,28-,29+,30-/m1/s1. The summed E-state index contributed by atoms with van der Waals surface area (Å²) < 4.78 is 0. The van der Waals surface area contributed by atoms with Crippen LogP contribution in [0.15, 0.2) is 23.3 Å². The largest absolute Gasteiger partial charge is 0.393 e. The van der Waals surface area contributed by atoms with Gasteiger partial charge in [-0.1, -0.05) is 64.8 Å². The fourth-order valence-electron chi connectivity index (χ4n) is 9.49. The second kappa shape index (κ2) is 7.75. The Hall–Kier alpha value is -0.560. The molecule has 1 N–H and O–H groups in total. The predicted octanol–water partition coefficient (Wildman–Crippen LogP) is 8.34. The normalized spacial score (nSPS) is 46.9. The fraction of sp³-hybridized carbons (Fsp3) is 0.867. The zero-order chi connectivity index (χ0) is 22.8. The highest BCUT2D eigenvalue weighted by Crippen LogP contribution is 2.73. The van der Waals surface area contributed by atoms with Crippen molar-refractivity contribution >= 4 is 0 Å². The second-order valence-electron chi connectivity index (χ2n) is 13.7. The Kier molecular flexibility index (Phi) is 5.90. The molecule has 1 heteroatoms. The number of aliphatic hydroxyl groups excluding tert-OH is 1. The van der Waals surface area contributed by atoms with Gasteiger partial charge < -0.3 is 5.11 Å². The lowest BCUT2D eigenvalue weighted by Gasteiger charge is -2.64. The molecule has 0 bridgehead atoms. The molecule has 0 saturated heterocycles. The third-order valence-corrected chi connectivity index (χ3v) is 11.7. The maximum Gasteiger partial charge on any atom is 0.0594 e. The van der Waals surface area contributed by atoms with Gasteiger partial charge in [0.15, 0.2) is 0 Å². The number of hydrogen-bond acceptors (Lipinski definition) is 1. The third kappa shape index (κ3) is 3.34. The van der Waals surface area contributed by atoms with Gasteiger partial charge in [0.1, 0.15) is 0 Å². The Labute approximate surface area is 193 Å². The Bertz CT molecular complexity index is 754. The molecule has 2 unspecified atom stereocenters. The van der Waals surface area contributed by atoms with Crippen LogP contribution in [0.2, 0.25) is 0 Å². The van der Waals surface area contributed by atoms with Gasteiger partial charge in [-0.05, 0) is 117 Å². The van der Waals surface area contributed by atoms with Crippen LogP contribution >= 0.6 is 0 Å². The minimum Gasteiger partial charge on any atom is -0.393 e. The van der Waals surface area contributed by atoms with E-state index < -0.39 is 0 Å². The van der Waals surface area contributed by atoms with Crippen LogP contribution in [0.4, 0.5) is 0 Å². The van der Waals surface area contributed by atoms with Gasteiger partial charge >= 0.3 is 0 Å². The van der Waals surface area contributed by atoms with Crippen LogP contribution < -0.4 is 0 Å². The average Bonchev–Trinajstić information content (AvgIpc) is 2.96. The molecule has 31 heavy (non-hydrogen) atoms. The highest BCUT2D eigenvalue weighted by molar-refractivity contribution is 5.33. The van der Waals surface area contributed by atoms with Gasteiger partial charge in [0.05, 0.1) is 6.10 Å². The number of aliphatic hydroxyl groups is 1. The molecule has 0 aromatic rings. The van der Waals surface area contributed by atoms with Crippen molar-refractivity contribution in [3.8, 4) is 0 Å². The van der Waals surface area contributed by atoms with Crippen LogP contribution in [0.25, 0.3) is 0 Å². The Morgan fingerprint density at radius 1 is 1.06 bits per heavy atom. The molecule has 176 valence electrons. The summed E-state index contributed by atoms with van der Waals surface area (Å²) in [5, 5.41) is 10.8. The zero-order valence-corrected chi connectivity index (χ0v) is 21.9. The van der Waals surface area contributed by atoms with Crippen molar-refractivity contribution < 1.29 is 5.11 Å². The second-order valence-corrected chi connectivity index (χ2v) is 13.7. The van der Waals surface area contributed by atoms with E-state index in [1.807, 2.05) is 5.57 Å². The molecular formula is C30H50O. The van der Waals surface area contributed by atoms with Gasteiger partial charge in [-0.3, -0.25) is 0 Å². The van der Waals surface area contributed by atoms with Gasteiger partial charge in [-0.15, -0.1) is 0 Å². The SMILES string of the molecule is CC(C)=CCC[C@@H](C)C1CC[C@]2(C)C3=CC[C@H]4C(C)(C)[C@@H](O)CC[C@]4(C)C3CC[C@@]12C. The van der Waals surface area contributed by atoms with Crippen molar-refractivity contribution in [1.29, 1.82) is 0 Å². The van der Waals surface area contributed by atoms with Gasteiger partial charge in [-0.2, -0.15) is 0 Å². The van der Waals surface area contributed by atoms with Crippen LogP contribution in [0.3, 0.4) is 0 Å². The van der Waals surface area contributed by atoms with Crippen molar-refractivity contribution in [1.82, 2.24) is 0 Å². The molecule has 4 aliphatic carbocycles. The van der Waals surface area contributed by atoms with Crippen LogP contribution in [-0.4, -0.2) is 11.2 Å². The highest BCUT2D eigenvalue weighted by atomic mass is 16.3. The van der Waals surface area contributed by atoms with E-state index in [0.29, 0.717) is 22.2 Å². The van der Waals surface area contributed by atoms with Crippen molar-refractivity contribution in [3.63, 3.8) is 0 Å². The lowest BCUT2D eigenvalue weighted by Crippen LogP contribution is -2.58. The van der Waals surface area contributed by atoms with E-state index in [-0.39, 0.29) is 11.5 Å². The van der Waals surface area contributed by atoms with Crippen molar-refractivity contribution in [2.45, 2.75) is 119 Å². The maximum atomic E-state index is 10.8. The van der Waals surface area contributed by atoms with E-state index in [0.717, 1.165) is 24.2 Å². The molecule has 3 fully saturated rings. The Morgan fingerprint density at radius 2 is 1.77 bits per heavy atom. The van der Waals surface area contributed by atoms with Crippen molar-refractivity contribution in [3.05, 3.63) is 23.3 Å². The molecular weight excluding hydrogens is 376 g/mol. The minimum atomic E-state index is -0.137. The highest BCUT2D eigenvalue weighted by Gasteiger charge is 2.65. The zero-order valence-electron chi connectivity index (χ0n) is 21.9. The summed E-state index contributed by atoms with van der Waals surface area (Å²) in [6.45, 7) is 19.6. The van der Waals surface area contributed by atoms with Gasteiger partial charge in [0.2, 0.25) is 0 Å².